The summed E-state index contributed by atoms with van der Waals surface area (Å²) in [6.45, 7) is 5.48. The number of hydrogen-bond donors (Lipinski definition) is 1. The average molecular weight is 614 g/mol. The monoisotopic (exact) mass is 613 g/mol. The molecule has 44 heavy (non-hydrogen) atoms. The minimum Gasteiger partial charge on any atom is -0.495 e. The molecule has 230 valence electrons. The summed E-state index contributed by atoms with van der Waals surface area (Å²) in [5, 5.41) is 2.87. The number of methoxy groups -OCH3 is 1. The molecule has 4 rings (SSSR count). The number of nitrogens with zero attached hydrogens (tertiary/aromatic N) is 2. The van der Waals surface area contributed by atoms with Crippen LogP contribution in [0.1, 0.15) is 29.2 Å². The van der Waals surface area contributed by atoms with E-state index >= 15 is 0 Å². The van der Waals surface area contributed by atoms with Crippen molar-refractivity contribution < 1.29 is 22.7 Å². The largest absolute Gasteiger partial charge is 0.495 e. The van der Waals surface area contributed by atoms with Crippen LogP contribution >= 0.6 is 0 Å². The molecule has 0 bridgehead atoms. The molecule has 0 fully saturated rings. The second kappa shape index (κ2) is 14.7. The van der Waals surface area contributed by atoms with Crippen LogP contribution in [0.5, 0.6) is 5.75 Å². The van der Waals surface area contributed by atoms with Crippen LogP contribution in [0.15, 0.2) is 108 Å². The Bertz CT molecular complexity index is 1660. The highest BCUT2D eigenvalue weighted by Crippen LogP contribution is 2.34. The lowest BCUT2D eigenvalue weighted by molar-refractivity contribution is -0.140. The zero-order chi connectivity index (χ0) is 31.7. The van der Waals surface area contributed by atoms with E-state index in [1.165, 1.54) is 24.1 Å². The summed E-state index contributed by atoms with van der Waals surface area (Å²) in [5.41, 5.74) is 3.62. The Morgan fingerprint density at radius 1 is 0.818 bits per heavy atom. The molecular formula is C35H39N3O5S. The van der Waals surface area contributed by atoms with Gasteiger partial charge in [-0.2, -0.15) is 0 Å². The molecule has 2 amide bonds. The third-order valence-electron chi connectivity index (χ3n) is 7.31. The van der Waals surface area contributed by atoms with Gasteiger partial charge in [-0.05, 0) is 61.7 Å². The first-order chi connectivity index (χ1) is 21.1. The number of amides is 2. The summed E-state index contributed by atoms with van der Waals surface area (Å²) in [7, 11) is -2.77. The number of rotatable bonds is 13. The molecular weight excluding hydrogens is 574 g/mol. The van der Waals surface area contributed by atoms with Crippen molar-refractivity contribution in [3.8, 4) is 5.75 Å². The van der Waals surface area contributed by atoms with Crippen LogP contribution in [0.4, 0.5) is 5.69 Å². The van der Waals surface area contributed by atoms with Gasteiger partial charge in [0.1, 0.15) is 18.3 Å². The summed E-state index contributed by atoms with van der Waals surface area (Å²) >= 11 is 0. The molecule has 4 aromatic rings. The molecule has 0 aliphatic heterocycles. The number of likely N-dealkylation sites (N-methyl/N-ethyl adjacent to an activating group) is 1. The number of anilines is 1. The minimum atomic E-state index is -4.23. The van der Waals surface area contributed by atoms with Crippen molar-refractivity contribution in [2.75, 3.05) is 24.5 Å². The number of sulfonamides is 1. The first-order valence-corrected chi connectivity index (χ1v) is 16.0. The second-order valence-corrected chi connectivity index (χ2v) is 12.5. The fraction of sp³-hybridized carbons (Fsp3) is 0.257. The van der Waals surface area contributed by atoms with Crippen LogP contribution in [-0.2, 0) is 32.6 Å². The summed E-state index contributed by atoms with van der Waals surface area (Å²) in [4.78, 5) is 29.6. The highest BCUT2D eigenvalue weighted by Gasteiger charge is 2.35. The maximum Gasteiger partial charge on any atom is 0.264 e. The van der Waals surface area contributed by atoms with Gasteiger partial charge in [-0.15, -0.1) is 0 Å². The van der Waals surface area contributed by atoms with Crippen molar-refractivity contribution in [2.24, 2.45) is 0 Å². The first kappa shape index (κ1) is 32.3. The summed E-state index contributed by atoms with van der Waals surface area (Å²) in [6.07, 6.45) is 0.254. The number of aryl methyl sites for hydroxylation is 2. The van der Waals surface area contributed by atoms with Gasteiger partial charge >= 0.3 is 0 Å². The highest BCUT2D eigenvalue weighted by atomic mass is 32.2. The van der Waals surface area contributed by atoms with E-state index in [-0.39, 0.29) is 29.5 Å². The van der Waals surface area contributed by atoms with Crippen LogP contribution in [0, 0.1) is 13.8 Å². The molecule has 1 N–H and O–H groups in total. The Labute approximate surface area is 260 Å². The maximum atomic E-state index is 14.5. The topological polar surface area (TPSA) is 96.0 Å². The number of carbonyl (C=O) groups excluding carboxylic acids is 2. The van der Waals surface area contributed by atoms with Crippen molar-refractivity contribution in [1.82, 2.24) is 10.2 Å². The number of hydrogen-bond acceptors (Lipinski definition) is 5. The molecule has 0 spiro atoms. The van der Waals surface area contributed by atoms with Crippen LogP contribution in [0.3, 0.4) is 0 Å². The van der Waals surface area contributed by atoms with Crippen molar-refractivity contribution in [3.05, 3.63) is 125 Å². The van der Waals surface area contributed by atoms with Crippen molar-refractivity contribution in [3.63, 3.8) is 0 Å². The maximum absolute atomic E-state index is 14.5. The van der Waals surface area contributed by atoms with E-state index in [4.69, 9.17) is 4.74 Å². The molecule has 0 unspecified atom stereocenters. The molecule has 0 aromatic heterocycles. The Hall–Kier alpha value is -4.63. The van der Waals surface area contributed by atoms with Gasteiger partial charge in [0, 0.05) is 19.5 Å². The molecule has 4 aromatic carbocycles. The van der Waals surface area contributed by atoms with Gasteiger partial charge in [-0.25, -0.2) is 8.42 Å². The van der Waals surface area contributed by atoms with Crippen LogP contribution in [0.25, 0.3) is 0 Å². The van der Waals surface area contributed by atoms with Gasteiger partial charge in [-0.1, -0.05) is 84.4 Å². The van der Waals surface area contributed by atoms with E-state index in [2.05, 4.69) is 5.32 Å². The predicted molar refractivity (Wildman–Crippen MR) is 173 cm³/mol. The molecule has 9 heteroatoms. The number of benzene rings is 4. The first-order valence-electron chi connectivity index (χ1n) is 14.5. The molecule has 8 nitrogen and oxygen atoms in total. The van der Waals surface area contributed by atoms with Gasteiger partial charge in [0.2, 0.25) is 11.8 Å². The fourth-order valence-corrected chi connectivity index (χ4v) is 6.39. The highest BCUT2D eigenvalue weighted by molar-refractivity contribution is 7.92. The van der Waals surface area contributed by atoms with Gasteiger partial charge in [0.05, 0.1) is 17.7 Å². The zero-order valence-electron chi connectivity index (χ0n) is 25.6. The Balaban J connectivity index is 1.83. The van der Waals surface area contributed by atoms with Gasteiger partial charge in [0.15, 0.2) is 0 Å². The zero-order valence-corrected chi connectivity index (χ0v) is 26.4. The quantitative estimate of drug-likeness (QED) is 0.221. The fourth-order valence-electron chi connectivity index (χ4n) is 4.97. The molecule has 0 heterocycles. The van der Waals surface area contributed by atoms with E-state index in [1.54, 1.807) is 24.3 Å². The minimum absolute atomic E-state index is 0.0404. The number of nitrogens with one attached hydrogen (secondary N) is 1. The molecule has 0 aliphatic rings. The van der Waals surface area contributed by atoms with Gasteiger partial charge in [-0.3, -0.25) is 13.9 Å². The molecule has 0 aliphatic carbocycles. The van der Waals surface area contributed by atoms with E-state index in [0.717, 1.165) is 26.6 Å². The second-order valence-electron chi connectivity index (χ2n) is 10.6. The van der Waals surface area contributed by atoms with Crippen LogP contribution in [0.2, 0.25) is 0 Å². The third kappa shape index (κ3) is 7.85. The third-order valence-corrected chi connectivity index (χ3v) is 9.08. The smallest absolute Gasteiger partial charge is 0.264 e. The van der Waals surface area contributed by atoms with E-state index in [9.17, 15) is 18.0 Å². The van der Waals surface area contributed by atoms with Gasteiger partial charge < -0.3 is 15.0 Å². The SMILES string of the molecule is CCNC(=O)[C@H](Cc1ccccc1)N(Cc1ccccc1)C(=O)CN(c1cc(C)ccc1OC)S(=O)(=O)c1ccc(C)cc1. The lowest BCUT2D eigenvalue weighted by Gasteiger charge is -2.34. The molecule has 0 saturated heterocycles. The van der Waals surface area contributed by atoms with E-state index in [1.807, 2.05) is 87.5 Å². The lowest BCUT2D eigenvalue weighted by Crippen LogP contribution is -2.53. The number of ether oxygens (including phenoxy) is 1. The Morgan fingerprint density at radius 3 is 2.00 bits per heavy atom. The van der Waals surface area contributed by atoms with E-state index in [0.29, 0.717) is 12.3 Å². The number of carbonyl (C=O) groups is 2. The van der Waals surface area contributed by atoms with E-state index < -0.39 is 28.5 Å². The van der Waals surface area contributed by atoms with Crippen LogP contribution < -0.4 is 14.4 Å². The Kier molecular flexibility index (Phi) is 10.8. The normalized spacial score (nSPS) is 11.8. The van der Waals surface area contributed by atoms with Crippen molar-refractivity contribution in [1.29, 1.82) is 0 Å². The summed E-state index contributed by atoms with van der Waals surface area (Å²) in [6, 6.07) is 29.6. The molecule has 1 atom stereocenters. The van der Waals surface area contributed by atoms with Gasteiger partial charge in [0.25, 0.3) is 10.0 Å². The average Bonchev–Trinajstić information content (AvgIpc) is 3.02. The molecule has 0 radical (unpaired) electrons. The lowest BCUT2D eigenvalue weighted by atomic mass is 10.0. The summed E-state index contributed by atoms with van der Waals surface area (Å²) in [5.74, 6) is -0.541. The molecule has 0 saturated carbocycles. The predicted octanol–water partition coefficient (Wildman–Crippen LogP) is 5.28. The van der Waals surface area contributed by atoms with Crippen molar-refractivity contribution in [2.45, 2.75) is 44.7 Å². The summed E-state index contributed by atoms with van der Waals surface area (Å²) < 4.78 is 35.2. The Morgan fingerprint density at radius 2 is 1.41 bits per heavy atom. The van der Waals surface area contributed by atoms with Crippen molar-refractivity contribution >= 4 is 27.5 Å². The standard InChI is InChI=1S/C35H39N3O5S/c1-5-36-35(40)32(23-28-12-8-6-9-13-28)37(24-29-14-10-7-11-15-29)34(39)25-38(31-22-27(3)18-21-33(31)43-4)44(41,42)30-19-16-26(2)17-20-30/h6-22,32H,5,23-25H2,1-4H3,(H,36,40)/t32-/m0/s1. The van der Waals surface area contributed by atoms with Crippen LogP contribution in [-0.4, -0.2) is 51.4 Å².